The van der Waals surface area contributed by atoms with E-state index < -0.39 is 0 Å². The Hall–Kier alpha value is -2.97. The van der Waals surface area contributed by atoms with Crippen molar-refractivity contribution in [2.45, 2.75) is 38.0 Å². The molecule has 0 fully saturated rings. The van der Waals surface area contributed by atoms with Gasteiger partial charge in [-0.3, -0.25) is 14.5 Å². The van der Waals surface area contributed by atoms with Crippen molar-refractivity contribution >= 4 is 23.4 Å². The van der Waals surface area contributed by atoms with E-state index in [1.54, 1.807) is 12.1 Å². The average Bonchev–Trinajstić information content (AvgIpc) is 2.80. The number of hydrogen-bond donors (Lipinski definition) is 2. The van der Waals surface area contributed by atoms with Crippen molar-refractivity contribution < 1.29 is 9.18 Å². The van der Waals surface area contributed by atoms with Gasteiger partial charge in [0.1, 0.15) is 5.82 Å². The number of benzene rings is 2. The summed E-state index contributed by atoms with van der Waals surface area (Å²) in [6.07, 6.45) is 1.49. The molecule has 1 aromatic heterocycles. The Labute approximate surface area is 190 Å². The van der Waals surface area contributed by atoms with Gasteiger partial charge < -0.3 is 10.3 Å². The van der Waals surface area contributed by atoms with Crippen molar-refractivity contribution in [3.63, 3.8) is 0 Å². The van der Waals surface area contributed by atoms with Crippen LogP contribution in [0.25, 0.3) is 0 Å². The Kier molecular flexibility index (Phi) is 7.02. The molecule has 6 nitrogen and oxygen atoms in total. The van der Waals surface area contributed by atoms with Crippen LogP contribution in [-0.2, 0) is 30.7 Å². The van der Waals surface area contributed by atoms with Crippen LogP contribution in [0.3, 0.4) is 0 Å². The Morgan fingerprint density at radius 2 is 2.00 bits per heavy atom. The van der Waals surface area contributed by atoms with Crippen molar-refractivity contribution in [2.75, 3.05) is 17.6 Å². The van der Waals surface area contributed by atoms with Gasteiger partial charge in [-0.15, -0.1) is 0 Å². The van der Waals surface area contributed by atoms with E-state index in [2.05, 4.69) is 20.2 Å². The number of carbonyl (C=O) groups is 1. The highest BCUT2D eigenvalue weighted by Gasteiger charge is 2.21. The standard InChI is InChI=1S/C24H25FN4O2S/c1-2-17-5-3-4-6-20(17)26-22(30)15-32-24-27-21-11-12-29(14-19(21)23(31)28-24)13-16-7-9-18(25)10-8-16/h3-10H,2,11-15H2,1H3,(H,26,30)(H,27,28,31). The number of H-pyrrole nitrogens is 1. The van der Waals surface area contributed by atoms with E-state index in [1.165, 1.54) is 23.9 Å². The van der Waals surface area contributed by atoms with Gasteiger partial charge in [0.2, 0.25) is 5.91 Å². The Balaban J connectivity index is 1.37. The van der Waals surface area contributed by atoms with Crippen LogP contribution in [0, 0.1) is 5.82 Å². The number of amides is 1. The summed E-state index contributed by atoms with van der Waals surface area (Å²) in [5, 5.41) is 3.39. The molecule has 8 heteroatoms. The van der Waals surface area contributed by atoms with Crippen LogP contribution in [0.15, 0.2) is 58.5 Å². The lowest BCUT2D eigenvalue weighted by Gasteiger charge is -2.27. The molecule has 0 aliphatic carbocycles. The lowest BCUT2D eigenvalue weighted by molar-refractivity contribution is -0.113. The number of halogens is 1. The molecule has 0 unspecified atom stereocenters. The summed E-state index contributed by atoms with van der Waals surface area (Å²) in [5.74, 6) is -0.232. The van der Waals surface area contributed by atoms with Gasteiger partial charge in [0, 0.05) is 31.7 Å². The molecule has 1 aliphatic heterocycles. The predicted octanol–water partition coefficient (Wildman–Crippen LogP) is 3.76. The Morgan fingerprint density at radius 1 is 1.22 bits per heavy atom. The molecule has 0 saturated heterocycles. The number of aromatic nitrogens is 2. The van der Waals surface area contributed by atoms with Gasteiger partial charge >= 0.3 is 0 Å². The number of carbonyl (C=O) groups excluding carboxylic acids is 1. The van der Waals surface area contributed by atoms with Gasteiger partial charge in [-0.25, -0.2) is 9.37 Å². The zero-order valence-electron chi connectivity index (χ0n) is 17.9. The molecule has 3 aromatic rings. The first kappa shape index (κ1) is 22.2. The molecular formula is C24H25FN4O2S. The second kappa shape index (κ2) is 10.1. The minimum atomic E-state index is -0.258. The molecule has 2 N–H and O–H groups in total. The highest BCUT2D eigenvalue weighted by molar-refractivity contribution is 7.99. The second-order valence-electron chi connectivity index (χ2n) is 7.73. The van der Waals surface area contributed by atoms with Crippen LogP contribution < -0.4 is 10.9 Å². The summed E-state index contributed by atoms with van der Waals surface area (Å²) in [4.78, 5) is 34.6. The summed E-state index contributed by atoms with van der Waals surface area (Å²) in [5.41, 5.74) is 4.16. The van der Waals surface area contributed by atoms with Crippen molar-refractivity contribution in [3.8, 4) is 0 Å². The predicted molar refractivity (Wildman–Crippen MR) is 124 cm³/mol. The molecule has 4 rings (SSSR count). The molecule has 0 radical (unpaired) electrons. The van der Waals surface area contributed by atoms with Crippen LogP contribution in [-0.4, -0.2) is 33.1 Å². The van der Waals surface area contributed by atoms with E-state index in [0.29, 0.717) is 30.2 Å². The third-order valence-corrected chi connectivity index (χ3v) is 6.33. The number of rotatable bonds is 7. The molecule has 2 aromatic carbocycles. The van der Waals surface area contributed by atoms with Crippen molar-refractivity contribution in [1.82, 2.24) is 14.9 Å². The van der Waals surface area contributed by atoms with Crippen molar-refractivity contribution in [1.29, 1.82) is 0 Å². The second-order valence-corrected chi connectivity index (χ2v) is 8.70. The van der Waals surface area contributed by atoms with E-state index in [4.69, 9.17) is 0 Å². The van der Waals surface area contributed by atoms with Crippen molar-refractivity contribution in [2.24, 2.45) is 0 Å². The van der Waals surface area contributed by atoms with Gasteiger partial charge in [-0.2, -0.15) is 0 Å². The molecule has 0 atom stereocenters. The average molecular weight is 453 g/mol. The maximum atomic E-state index is 13.1. The fraction of sp³-hybridized carbons (Fsp3) is 0.292. The zero-order valence-corrected chi connectivity index (χ0v) is 18.7. The van der Waals surface area contributed by atoms with Crippen LogP contribution in [0.2, 0.25) is 0 Å². The van der Waals surface area contributed by atoms with Gasteiger partial charge in [-0.05, 0) is 35.7 Å². The van der Waals surface area contributed by atoms with E-state index >= 15 is 0 Å². The molecule has 0 bridgehead atoms. The Bertz CT molecular complexity index is 1160. The zero-order chi connectivity index (χ0) is 22.5. The summed E-state index contributed by atoms with van der Waals surface area (Å²) in [6, 6.07) is 14.1. The summed E-state index contributed by atoms with van der Waals surface area (Å²) >= 11 is 1.23. The molecule has 2 heterocycles. The number of para-hydroxylation sites is 1. The van der Waals surface area contributed by atoms with E-state index in [9.17, 15) is 14.0 Å². The van der Waals surface area contributed by atoms with Crippen LogP contribution in [0.1, 0.15) is 29.3 Å². The number of aromatic amines is 1. The Morgan fingerprint density at radius 3 is 2.78 bits per heavy atom. The quantitative estimate of drug-likeness (QED) is 0.422. The van der Waals surface area contributed by atoms with Crippen molar-refractivity contribution in [3.05, 3.63) is 87.1 Å². The third kappa shape index (κ3) is 5.44. The fourth-order valence-corrected chi connectivity index (χ4v) is 4.46. The van der Waals surface area contributed by atoms with E-state index in [-0.39, 0.29) is 23.0 Å². The first-order valence-corrected chi connectivity index (χ1v) is 11.6. The minimum Gasteiger partial charge on any atom is -0.325 e. The number of nitrogens with zero attached hydrogens (tertiary/aromatic N) is 2. The molecule has 32 heavy (non-hydrogen) atoms. The highest BCUT2D eigenvalue weighted by atomic mass is 32.2. The summed E-state index contributed by atoms with van der Waals surface area (Å²) < 4.78 is 13.1. The van der Waals surface area contributed by atoms with Crippen LogP contribution >= 0.6 is 11.8 Å². The summed E-state index contributed by atoms with van der Waals surface area (Å²) in [7, 11) is 0. The van der Waals surface area contributed by atoms with Crippen LogP contribution in [0.5, 0.6) is 0 Å². The number of aryl methyl sites for hydroxylation is 1. The molecule has 1 amide bonds. The van der Waals surface area contributed by atoms with Gasteiger partial charge in [-0.1, -0.05) is 49.0 Å². The van der Waals surface area contributed by atoms with Gasteiger partial charge in [0.05, 0.1) is 17.0 Å². The smallest absolute Gasteiger partial charge is 0.256 e. The lowest BCUT2D eigenvalue weighted by Crippen LogP contribution is -2.35. The maximum Gasteiger partial charge on any atom is 0.256 e. The van der Waals surface area contributed by atoms with E-state index in [1.807, 2.05) is 31.2 Å². The first-order chi connectivity index (χ1) is 15.5. The normalized spacial score (nSPS) is 13.6. The van der Waals surface area contributed by atoms with Crippen LogP contribution in [0.4, 0.5) is 10.1 Å². The summed E-state index contributed by atoms with van der Waals surface area (Å²) in [6.45, 7) is 3.95. The van der Waals surface area contributed by atoms with Gasteiger partial charge in [0.15, 0.2) is 5.16 Å². The monoisotopic (exact) mass is 452 g/mol. The number of fused-ring (bicyclic) bond motifs is 1. The molecule has 0 spiro atoms. The maximum absolute atomic E-state index is 13.1. The molecule has 1 aliphatic rings. The van der Waals surface area contributed by atoms with Gasteiger partial charge in [0.25, 0.3) is 5.56 Å². The number of hydrogen-bond acceptors (Lipinski definition) is 5. The number of thioether (sulfide) groups is 1. The van der Waals surface area contributed by atoms with E-state index in [0.717, 1.165) is 35.5 Å². The first-order valence-electron chi connectivity index (χ1n) is 10.6. The SMILES string of the molecule is CCc1ccccc1NC(=O)CSc1nc2c(c(=O)[nH]1)CN(Cc1ccc(F)cc1)CC2. The minimum absolute atomic E-state index is 0.137. The topological polar surface area (TPSA) is 78.1 Å². The third-order valence-electron chi connectivity index (χ3n) is 5.46. The number of nitrogens with one attached hydrogen (secondary N) is 2. The molecular weight excluding hydrogens is 427 g/mol. The lowest BCUT2D eigenvalue weighted by atomic mass is 10.1. The number of anilines is 1. The molecule has 0 saturated carbocycles. The molecule has 166 valence electrons. The fourth-order valence-electron chi connectivity index (χ4n) is 3.78. The highest BCUT2D eigenvalue weighted by Crippen LogP contribution is 2.21. The largest absolute Gasteiger partial charge is 0.325 e.